The number of rotatable bonds is 2. The number of hydrogen-bond acceptors (Lipinski definition) is 3. The monoisotopic (exact) mass is 201 g/mol. The van der Waals surface area contributed by atoms with Gasteiger partial charge in [0, 0.05) is 13.1 Å². The topological polar surface area (TPSA) is 21.7 Å². The van der Waals surface area contributed by atoms with E-state index in [0.717, 1.165) is 63.8 Å². The van der Waals surface area contributed by atoms with Crippen molar-refractivity contribution in [2.75, 3.05) is 66.3 Å². The summed E-state index contributed by atoms with van der Waals surface area (Å²) in [4.78, 5) is 2.51. The van der Waals surface area contributed by atoms with Crippen molar-refractivity contribution in [3.63, 3.8) is 0 Å². The van der Waals surface area contributed by atoms with Gasteiger partial charge in [-0.15, -0.1) is 0 Å². The number of likely N-dealkylation sites (N-methyl/N-ethyl adjacent to an activating group) is 1. The second-order valence-electron chi connectivity index (χ2n) is 4.55. The second-order valence-corrected chi connectivity index (χ2v) is 4.55. The van der Waals surface area contributed by atoms with Crippen LogP contribution in [-0.2, 0) is 9.47 Å². The quantitative estimate of drug-likeness (QED) is 0.575. The van der Waals surface area contributed by atoms with Gasteiger partial charge in [-0.1, -0.05) is 0 Å². The van der Waals surface area contributed by atoms with Crippen molar-refractivity contribution < 1.29 is 14.0 Å². The van der Waals surface area contributed by atoms with Gasteiger partial charge >= 0.3 is 0 Å². The minimum Gasteiger partial charge on any atom is -0.379 e. The molecule has 0 aromatic carbocycles. The van der Waals surface area contributed by atoms with E-state index in [1.807, 2.05) is 0 Å². The van der Waals surface area contributed by atoms with E-state index in [9.17, 15) is 0 Å². The van der Waals surface area contributed by atoms with Crippen LogP contribution in [0.2, 0.25) is 0 Å². The summed E-state index contributed by atoms with van der Waals surface area (Å²) in [7, 11) is 2.33. The fourth-order valence-electron chi connectivity index (χ4n) is 2.15. The predicted molar refractivity (Wildman–Crippen MR) is 54.0 cm³/mol. The van der Waals surface area contributed by atoms with Gasteiger partial charge in [0.2, 0.25) is 0 Å². The fraction of sp³-hybridized carbons (Fsp3) is 1.00. The minimum absolute atomic E-state index is 0.899. The van der Waals surface area contributed by atoms with E-state index in [2.05, 4.69) is 11.9 Å². The lowest BCUT2D eigenvalue weighted by molar-refractivity contribution is -0.926. The average molecular weight is 201 g/mol. The van der Waals surface area contributed by atoms with Crippen LogP contribution < -0.4 is 0 Å². The summed E-state index contributed by atoms with van der Waals surface area (Å²) in [6, 6.07) is 0. The van der Waals surface area contributed by atoms with E-state index >= 15 is 0 Å². The average Bonchev–Trinajstić information content (AvgIpc) is 2.19. The number of ether oxygens (including phenoxy) is 2. The molecule has 0 aromatic rings. The summed E-state index contributed by atoms with van der Waals surface area (Å²) in [5, 5.41) is 0. The Balaban J connectivity index is 1.81. The molecule has 0 amide bonds. The minimum atomic E-state index is 0.899. The molecule has 2 rings (SSSR count). The van der Waals surface area contributed by atoms with Crippen molar-refractivity contribution in [1.82, 2.24) is 4.90 Å². The molecule has 14 heavy (non-hydrogen) atoms. The summed E-state index contributed by atoms with van der Waals surface area (Å²) >= 11 is 0. The normalized spacial score (nSPS) is 28.9. The van der Waals surface area contributed by atoms with E-state index in [1.165, 1.54) is 0 Å². The smallest absolute Gasteiger partial charge is 0.135 e. The van der Waals surface area contributed by atoms with Gasteiger partial charge in [0.25, 0.3) is 0 Å². The Morgan fingerprint density at radius 3 is 2.21 bits per heavy atom. The van der Waals surface area contributed by atoms with Crippen LogP contribution in [0.5, 0.6) is 0 Å². The predicted octanol–water partition coefficient (Wildman–Crippen LogP) is -0.247. The zero-order valence-corrected chi connectivity index (χ0v) is 9.07. The highest BCUT2D eigenvalue weighted by Gasteiger charge is 2.28. The van der Waals surface area contributed by atoms with Crippen molar-refractivity contribution in [2.24, 2.45) is 0 Å². The number of hydrogen-bond donors (Lipinski definition) is 0. The SMILES string of the molecule is C[N+]1(CN2CCOCC2)CCOCC1. The van der Waals surface area contributed by atoms with Crippen LogP contribution in [0.15, 0.2) is 0 Å². The first kappa shape index (κ1) is 10.4. The number of nitrogens with zero attached hydrogens (tertiary/aromatic N) is 2. The lowest BCUT2D eigenvalue weighted by Gasteiger charge is -2.41. The first-order valence-corrected chi connectivity index (χ1v) is 5.50. The van der Waals surface area contributed by atoms with E-state index in [-0.39, 0.29) is 0 Å². The van der Waals surface area contributed by atoms with Crippen LogP contribution >= 0.6 is 0 Å². The van der Waals surface area contributed by atoms with Crippen LogP contribution in [-0.4, -0.2) is 75.7 Å². The third-order valence-electron chi connectivity index (χ3n) is 3.20. The van der Waals surface area contributed by atoms with Crippen molar-refractivity contribution in [1.29, 1.82) is 0 Å². The van der Waals surface area contributed by atoms with E-state index in [4.69, 9.17) is 9.47 Å². The van der Waals surface area contributed by atoms with Crippen molar-refractivity contribution in [3.05, 3.63) is 0 Å². The summed E-state index contributed by atoms with van der Waals surface area (Å²) < 4.78 is 11.9. The lowest BCUT2D eigenvalue weighted by atomic mass is 10.3. The summed E-state index contributed by atoms with van der Waals surface area (Å²) in [5.74, 6) is 0. The lowest BCUT2D eigenvalue weighted by Crippen LogP contribution is -2.58. The molecule has 0 spiro atoms. The Morgan fingerprint density at radius 2 is 1.57 bits per heavy atom. The summed E-state index contributed by atoms with van der Waals surface area (Å²) in [5.41, 5.74) is 0. The molecule has 0 aromatic heterocycles. The van der Waals surface area contributed by atoms with Gasteiger partial charge in [0.05, 0.1) is 33.5 Å². The van der Waals surface area contributed by atoms with Crippen LogP contribution in [0.1, 0.15) is 0 Å². The fourth-order valence-corrected chi connectivity index (χ4v) is 2.15. The van der Waals surface area contributed by atoms with Crippen LogP contribution in [0.25, 0.3) is 0 Å². The molecule has 2 fully saturated rings. The second kappa shape index (κ2) is 4.57. The molecule has 0 unspecified atom stereocenters. The molecule has 0 atom stereocenters. The zero-order valence-electron chi connectivity index (χ0n) is 9.07. The van der Waals surface area contributed by atoms with Gasteiger partial charge in [-0.05, 0) is 0 Å². The molecule has 4 nitrogen and oxygen atoms in total. The Hall–Kier alpha value is -0.160. The number of morpholine rings is 2. The highest BCUT2D eigenvalue weighted by Crippen LogP contribution is 2.10. The Bertz CT molecular complexity index is 175. The van der Waals surface area contributed by atoms with Gasteiger partial charge in [-0.3, -0.25) is 4.90 Å². The molecule has 2 aliphatic heterocycles. The Labute approximate surface area is 86.0 Å². The molecule has 0 radical (unpaired) electrons. The zero-order chi connectivity index (χ0) is 9.86. The van der Waals surface area contributed by atoms with Crippen LogP contribution in [0, 0.1) is 0 Å². The molecule has 2 saturated heterocycles. The molecule has 2 heterocycles. The largest absolute Gasteiger partial charge is 0.379 e. The molecular formula is C10H21N2O2+. The van der Waals surface area contributed by atoms with E-state index in [0.29, 0.717) is 0 Å². The number of quaternary nitrogens is 1. The highest BCUT2D eigenvalue weighted by molar-refractivity contribution is 4.59. The van der Waals surface area contributed by atoms with E-state index in [1.54, 1.807) is 0 Å². The molecule has 0 aliphatic carbocycles. The van der Waals surface area contributed by atoms with Crippen LogP contribution in [0.4, 0.5) is 0 Å². The Kier molecular flexibility index (Phi) is 3.38. The molecular weight excluding hydrogens is 180 g/mol. The standard InChI is InChI=1S/C10H21N2O2/c1-12(4-8-14-9-5-12)10-11-2-6-13-7-3-11/h2-10H2,1H3/q+1. The Morgan fingerprint density at radius 1 is 1.00 bits per heavy atom. The van der Waals surface area contributed by atoms with Gasteiger partial charge < -0.3 is 14.0 Å². The maximum absolute atomic E-state index is 5.40. The first-order valence-electron chi connectivity index (χ1n) is 5.50. The molecule has 0 bridgehead atoms. The van der Waals surface area contributed by atoms with Crippen LogP contribution in [0.3, 0.4) is 0 Å². The molecule has 0 saturated carbocycles. The first-order chi connectivity index (χ1) is 6.79. The summed E-state index contributed by atoms with van der Waals surface area (Å²) in [6.07, 6.45) is 0. The van der Waals surface area contributed by atoms with Crippen molar-refractivity contribution >= 4 is 0 Å². The van der Waals surface area contributed by atoms with Gasteiger partial charge in [0.1, 0.15) is 19.8 Å². The van der Waals surface area contributed by atoms with Crippen molar-refractivity contribution in [3.8, 4) is 0 Å². The molecule has 82 valence electrons. The summed E-state index contributed by atoms with van der Waals surface area (Å²) in [6.45, 7) is 9.28. The van der Waals surface area contributed by atoms with E-state index < -0.39 is 0 Å². The van der Waals surface area contributed by atoms with Gasteiger partial charge in [-0.2, -0.15) is 0 Å². The van der Waals surface area contributed by atoms with Crippen molar-refractivity contribution in [2.45, 2.75) is 0 Å². The van der Waals surface area contributed by atoms with Gasteiger partial charge in [-0.25, -0.2) is 0 Å². The molecule has 4 heteroatoms. The highest BCUT2D eigenvalue weighted by atomic mass is 16.5. The molecule has 2 aliphatic rings. The third-order valence-corrected chi connectivity index (χ3v) is 3.20. The maximum Gasteiger partial charge on any atom is 0.135 e. The molecule has 0 N–H and O–H groups in total. The van der Waals surface area contributed by atoms with Gasteiger partial charge in [0.15, 0.2) is 0 Å². The third kappa shape index (κ3) is 2.67. The maximum atomic E-state index is 5.40.